The van der Waals surface area contributed by atoms with Gasteiger partial charge in [-0.25, -0.2) is 9.97 Å². The summed E-state index contributed by atoms with van der Waals surface area (Å²) in [7, 11) is 0. The Kier molecular flexibility index (Phi) is 5.14. The third-order valence-electron chi connectivity index (χ3n) is 3.95. The maximum absolute atomic E-state index is 12.6. The largest absolute Gasteiger partial charge is 0.472 e. The van der Waals surface area contributed by atoms with Crippen molar-refractivity contribution >= 4 is 17.2 Å². The molecule has 1 saturated heterocycles. The van der Waals surface area contributed by atoms with E-state index in [1.165, 1.54) is 11.3 Å². The van der Waals surface area contributed by atoms with Crippen LogP contribution >= 0.6 is 11.3 Å². The Bertz CT molecular complexity index is 697. The molecule has 2 aromatic heterocycles. The maximum atomic E-state index is 12.6. The number of ether oxygens (including phenoxy) is 1. The van der Waals surface area contributed by atoms with Gasteiger partial charge in [-0.2, -0.15) is 0 Å². The molecule has 2 aromatic rings. The zero-order chi connectivity index (χ0) is 17.1. The molecule has 24 heavy (non-hydrogen) atoms. The molecule has 0 spiro atoms. The summed E-state index contributed by atoms with van der Waals surface area (Å²) in [6.07, 6.45) is 5.26. The minimum Gasteiger partial charge on any atom is -0.472 e. The minimum atomic E-state index is 0.00668. The molecule has 6 heteroatoms. The van der Waals surface area contributed by atoms with Crippen LogP contribution in [0.2, 0.25) is 0 Å². The van der Waals surface area contributed by atoms with E-state index in [4.69, 9.17) is 4.74 Å². The first-order chi connectivity index (χ1) is 11.5. The number of nitrogens with zero attached hydrogens (tertiary/aromatic N) is 3. The molecular weight excluding hydrogens is 322 g/mol. The number of carbonyl (C=O) groups is 1. The van der Waals surface area contributed by atoms with E-state index in [0.29, 0.717) is 24.9 Å². The topological polar surface area (TPSA) is 55.3 Å². The predicted octanol–water partition coefficient (Wildman–Crippen LogP) is 3.34. The molecule has 5 nitrogen and oxygen atoms in total. The van der Waals surface area contributed by atoms with Gasteiger partial charge < -0.3 is 9.64 Å². The van der Waals surface area contributed by atoms with Crippen molar-refractivity contribution in [1.82, 2.24) is 14.9 Å². The van der Waals surface area contributed by atoms with Gasteiger partial charge in [0.1, 0.15) is 11.0 Å². The quantitative estimate of drug-likeness (QED) is 0.834. The van der Waals surface area contributed by atoms with Gasteiger partial charge in [-0.15, -0.1) is 11.3 Å². The summed E-state index contributed by atoms with van der Waals surface area (Å²) in [5.41, 5.74) is 1.10. The number of likely N-dealkylation sites (tertiary alicyclic amines) is 1. The molecule has 1 unspecified atom stereocenters. The van der Waals surface area contributed by atoms with Gasteiger partial charge in [0, 0.05) is 31.6 Å². The lowest BCUT2D eigenvalue weighted by atomic mass is 10.1. The van der Waals surface area contributed by atoms with Gasteiger partial charge in [0.15, 0.2) is 0 Å². The molecule has 0 aromatic carbocycles. The van der Waals surface area contributed by atoms with E-state index in [1.54, 1.807) is 12.4 Å². The number of hydrogen-bond donors (Lipinski definition) is 0. The van der Waals surface area contributed by atoms with E-state index in [0.717, 1.165) is 28.3 Å². The van der Waals surface area contributed by atoms with Crippen LogP contribution in [0.1, 0.15) is 40.5 Å². The van der Waals surface area contributed by atoms with Crippen molar-refractivity contribution < 1.29 is 9.53 Å². The van der Waals surface area contributed by atoms with Crippen LogP contribution in [0.4, 0.5) is 0 Å². The molecule has 0 N–H and O–H groups in total. The number of rotatable bonds is 5. The lowest BCUT2D eigenvalue weighted by molar-refractivity contribution is 0.0775. The third-order valence-corrected chi connectivity index (χ3v) is 4.96. The molecule has 0 saturated carbocycles. The Hall–Kier alpha value is -1.95. The number of amides is 1. The summed E-state index contributed by atoms with van der Waals surface area (Å²) < 4.78 is 5.89. The second-order valence-electron chi connectivity index (χ2n) is 6.67. The molecule has 1 atom stereocenters. The summed E-state index contributed by atoms with van der Waals surface area (Å²) >= 11 is 1.51. The number of thiazole rings is 1. The zero-order valence-corrected chi connectivity index (χ0v) is 15.2. The molecule has 0 bridgehead atoms. The van der Waals surface area contributed by atoms with E-state index in [9.17, 15) is 4.79 Å². The maximum Gasteiger partial charge on any atom is 0.265 e. The van der Waals surface area contributed by atoms with Crippen LogP contribution in [0.25, 0.3) is 0 Å². The van der Waals surface area contributed by atoms with Crippen LogP contribution in [-0.2, 0) is 6.42 Å². The molecule has 3 heterocycles. The molecular formula is C18H23N3O2S. The molecule has 1 fully saturated rings. The lowest BCUT2D eigenvalue weighted by Gasteiger charge is -2.16. The van der Waals surface area contributed by atoms with Crippen molar-refractivity contribution in [2.24, 2.45) is 5.92 Å². The Morgan fingerprint density at radius 2 is 2.21 bits per heavy atom. The van der Waals surface area contributed by atoms with E-state index in [-0.39, 0.29) is 12.0 Å². The summed E-state index contributed by atoms with van der Waals surface area (Å²) in [4.78, 5) is 23.8. The standard InChI is InChI=1S/C18H23N3O2S/c1-12(2)8-17-20-10-15(24-17)18(22)21-7-6-14(11-21)23-16-5-4-13(3)9-19-16/h4-5,9-10,12,14H,6-8,11H2,1-3H3. The summed E-state index contributed by atoms with van der Waals surface area (Å²) in [5, 5.41) is 1.03. The van der Waals surface area contributed by atoms with Crippen molar-refractivity contribution in [2.45, 2.75) is 39.7 Å². The van der Waals surface area contributed by atoms with E-state index in [1.807, 2.05) is 24.0 Å². The molecule has 0 radical (unpaired) electrons. The van der Waals surface area contributed by atoms with Crippen LogP contribution in [0.3, 0.4) is 0 Å². The van der Waals surface area contributed by atoms with Gasteiger partial charge >= 0.3 is 0 Å². The van der Waals surface area contributed by atoms with Crippen molar-refractivity contribution in [1.29, 1.82) is 0 Å². The highest BCUT2D eigenvalue weighted by molar-refractivity contribution is 7.13. The number of carbonyl (C=O) groups excluding carboxylic acids is 1. The molecule has 128 valence electrons. The van der Waals surface area contributed by atoms with Gasteiger partial charge in [-0.1, -0.05) is 19.9 Å². The van der Waals surface area contributed by atoms with Gasteiger partial charge in [-0.05, 0) is 18.4 Å². The second-order valence-corrected chi connectivity index (χ2v) is 7.78. The first-order valence-corrected chi connectivity index (χ1v) is 9.16. The Balaban J connectivity index is 1.57. The normalized spacial score (nSPS) is 17.5. The Morgan fingerprint density at radius 1 is 1.38 bits per heavy atom. The highest BCUT2D eigenvalue weighted by atomic mass is 32.1. The van der Waals surface area contributed by atoms with Crippen molar-refractivity contribution in [3.8, 4) is 5.88 Å². The highest BCUT2D eigenvalue weighted by Gasteiger charge is 2.29. The van der Waals surface area contributed by atoms with E-state index < -0.39 is 0 Å². The van der Waals surface area contributed by atoms with Crippen LogP contribution in [-0.4, -0.2) is 40.0 Å². The second kappa shape index (κ2) is 7.30. The molecule has 3 rings (SSSR count). The van der Waals surface area contributed by atoms with Gasteiger partial charge in [0.05, 0.1) is 17.7 Å². The van der Waals surface area contributed by atoms with E-state index in [2.05, 4.69) is 23.8 Å². The molecule has 0 aliphatic carbocycles. The average Bonchev–Trinajstić information content (AvgIpc) is 3.18. The number of hydrogen-bond acceptors (Lipinski definition) is 5. The van der Waals surface area contributed by atoms with Crippen LogP contribution in [0, 0.1) is 12.8 Å². The zero-order valence-electron chi connectivity index (χ0n) is 14.4. The van der Waals surface area contributed by atoms with Gasteiger partial charge in [0.25, 0.3) is 5.91 Å². The van der Waals surface area contributed by atoms with Crippen molar-refractivity contribution in [3.05, 3.63) is 40.0 Å². The lowest BCUT2D eigenvalue weighted by Crippen LogP contribution is -2.30. The first kappa shape index (κ1) is 16.9. The van der Waals surface area contributed by atoms with Crippen LogP contribution in [0.5, 0.6) is 5.88 Å². The molecule has 1 amide bonds. The monoisotopic (exact) mass is 345 g/mol. The Labute approximate surface area is 146 Å². The van der Waals surface area contributed by atoms with Crippen molar-refractivity contribution in [2.75, 3.05) is 13.1 Å². The predicted molar refractivity (Wildman–Crippen MR) is 94.6 cm³/mol. The number of aryl methyl sites for hydroxylation is 1. The fraction of sp³-hybridized carbons (Fsp3) is 0.500. The highest BCUT2D eigenvalue weighted by Crippen LogP contribution is 2.22. The van der Waals surface area contributed by atoms with Crippen LogP contribution < -0.4 is 4.74 Å². The number of pyridine rings is 1. The van der Waals surface area contributed by atoms with Gasteiger partial charge in [0.2, 0.25) is 5.88 Å². The first-order valence-electron chi connectivity index (χ1n) is 8.34. The van der Waals surface area contributed by atoms with Crippen LogP contribution in [0.15, 0.2) is 24.5 Å². The van der Waals surface area contributed by atoms with E-state index >= 15 is 0 Å². The SMILES string of the molecule is Cc1ccc(OC2CCN(C(=O)c3cnc(CC(C)C)s3)C2)nc1. The minimum absolute atomic E-state index is 0.00668. The Morgan fingerprint density at radius 3 is 2.92 bits per heavy atom. The molecule has 1 aliphatic heterocycles. The summed E-state index contributed by atoms with van der Waals surface area (Å²) in [5.74, 6) is 1.23. The average molecular weight is 345 g/mol. The smallest absolute Gasteiger partial charge is 0.265 e. The third kappa shape index (κ3) is 4.12. The van der Waals surface area contributed by atoms with Gasteiger partial charge in [-0.3, -0.25) is 4.79 Å². The molecule has 1 aliphatic rings. The van der Waals surface area contributed by atoms with Crippen molar-refractivity contribution in [3.63, 3.8) is 0 Å². The fourth-order valence-corrected chi connectivity index (χ4v) is 3.81. The fourth-order valence-electron chi connectivity index (χ4n) is 2.71. The number of aromatic nitrogens is 2. The summed E-state index contributed by atoms with van der Waals surface area (Å²) in [6.45, 7) is 7.63. The summed E-state index contributed by atoms with van der Waals surface area (Å²) in [6, 6.07) is 3.86.